The van der Waals surface area contributed by atoms with Gasteiger partial charge in [0.1, 0.15) is 11.6 Å². The van der Waals surface area contributed by atoms with Gasteiger partial charge in [0, 0.05) is 31.4 Å². The SMILES string of the molecule is CN(/N=C/c1ccc(NC(C)(F)F)cc1)c1nc(Nc2ccc(OC(F)(F)F)cc2)cc(C(F)(F)F)n1. The zero-order valence-corrected chi connectivity index (χ0v) is 19.0. The maximum absolute atomic E-state index is 13.4. The van der Waals surface area contributed by atoms with Gasteiger partial charge in [-0.25, -0.2) is 9.99 Å². The summed E-state index contributed by atoms with van der Waals surface area (Å²) in [5.74, 6) is -1.27. The van der Waals surface area contributed by atoms with Crippen LogP contribution in [0.5, 0.6) is 5.75 Å². The van der Waals surface area contributed by atoms with Crippen LogP contribution in [0.1, 0.15) is 18.2 Å². The van der Waals surface area contributed by atoms with E-state index in [1.807, 2.05) is 5.32 Å². The van der Waals surface area contributed by atoms with E-state index in [4.69, 9.17) is 0 Å². The largest absolute Gasteiger partial charge is 0.573 e. The Morgan fingerprint density at radius 3 is 2.00 bits per heavy atom. The predicted octanol–water partition coefficient (Wildman–Crippen LogP) is 6.63. The van der Waals surface area contributed by atoms with Crippen molar-refractivity contribution in [2.45, 2.75) is 25.5 Å². The third-order valence-corrected chi connectivity index (χ3v) is 4.31. The maximum atomic E-state index is 13.4. The van der Waals surface area contributed by atoms with Crippen LogP contribution in [-0.4, -0.2) is 35.6 Å². The summed E-state index contributed by atoms with van der Waals surface area (Å²) >= 11 is 0. The summed E-state index contributed by atoms with van der Waals surface area (Å²) in [4.78, 5) is 7.44. The first-order chi connectivity index (χ1) is 17.1. The number of rotatable bonds is 8. The van der Waals surface area contributed by atoms with E-state index in [-0.39, 0.29) is 17.2 Å². The maximum Gasteiger partial charge on any atom is 0.573 e. The van der Waals surface area contributed by atoms with Crippen molar-refractivity contribution in [1.29, 1.82) is 0 Å². The van der Waals surface area contributed by atoms with E-state index < -0.39 is 36.0 Å². The molecule has 3 rings (SSSR count). The van der Waals surface area contributed by atoms with Crippen molar-refractivity contribution in [3.05, 3.63) is 65.9 Å². The lowest BCUT2D eigenvalue weighted by molar-refractivity contribution is -0.274. The van der Waals surface area contributed by atoms with Gasteiger partial charge in [-0.2, -0.15) is 32.0 Å². The zero-order chi connectivity index (χ0) is 27.4. The number of ether oxygens (including phenoxy) is 1. The van der Waals surface area contributed by atoms with Crippen molar-refractivity contribution >= 4 is 29.4 Å². The lowest BCUT2D eigenvalue weighted by atomic mass is 10.2. The average Bonchev–Trinajstić information content (AvgIpc) is 2.77. The highest BCUT2D eigenvalue weighted by Gasteiger charge is 2.34. The minimum Gasteiger partial charge on any atom is -0.406 e. The smallest absolute Gasteiger partial charge is 0.406 e. The molecule has 0 aliphatic rings. The molecule has 0 saturated carbocycles. The van der Waals surface area contributed by atoms with Gasteiger partial charge in [-0.3, -0.25) is 0 Å². The molecule has 198 valence electrons. The minimum absolute atomic E-state index is 0.129. The molecule has 0 radical (unpaired) electrons. The Morgan fingerprint density at radius 1 is 0.865 bits per heavy atom. The van der Waals surface area contributed by atoms with Gasteiger partial charge in [-0.05, 0) is 42.0 Å². The molecule has 0 unspecified atom stereocenters. The normalized spacial score (nSPS) is 12.5. The van der Waals surface area contributed by atoms with Crippen molar-refractivity contribution < 1.29 is 39.9 Å². The van der Waals surface area contributed by atoms with Crippen LogP contribution >= 0.6 is 0 Å². The molecule has 0 fully saturated rings. The fourth-order valence-electron chi connectivity index (χ4n) is 2.79. The Morgan fingerprint density at radius 2 is 1.46 bits per heavy atom. The Bertz CT molecular complexity index is 1220. The number of nitrogens with one attached hydrogen (secondary N) is 2. The number of hydrazone groups is 1. The summed E-state index contributed by atoms with van der Waals surface area (Å²) in [6.07, 6.45) is -8.48. The van der Waals surface area contributed by atoms with Gasteiger partial charge in [0.2, 0.25) is 5.95 Å². The summed E-state index contributed by atoms with van der Waals surface area (Å²) in [6, 6.07) is 7.41. The molecule has 0 saturated heterocycles. The van der Waals surface area contributed by atoms with Gasteiger partial charge < -0.3 is 15.4 Å². The quantitative estimate of drug-likeness (QED) is 0.146. The van der Waals surface area contributed by atoms with Crippen LogP contribution in [0, 0.1) is 0 Å². The van der Waals surface area contributed by atoms with Crippen molar-refractivity contribution in [3.8, 4) is 5.75 Å². The molecule has 1 heterocycles. The topological polar surface area (TPSA) is 74.7 Å². The van der Waals surface area contributed by atoms with Crippen molar-refractivity contribution in [1.82, 2.24) is 9.97 Å². The molecule has 0 atom stereocenters. The molecule has 0 aliphatic heterocycles. The Kier molecular flexibility index (Phi) is 7.74. The van der Waals surface area contributed by atoms with Gasteiger partial charge in [0.25, 0.3) is 0 Å². The molecule has 15 heteroatoms. The summed E-state index contributed by atoms with van der Waals surface area (Å²) in [5.41, 5.74) is -0.573. The van der Waals surface area contributed by atoms with Crippen LogP contribution in [0.25, 0.3) is 0 Å². The molecular weight excluding hydrogens is 516 g/mol. The summed E-state index contributed by atoms with van der Waals surface area (Å²) < 4.78 is 107. The number of alkyl halides is 8. The molecule has 1 aromatic heterocycles. The van der Waals surface area contributed by atoms with Crippen LogP contribution < -0.4 is 20.4 Å². The van der Waals surface area contributed by atoms with E-state index in [0.717, 1.165) is 29.3 Å². The number of anilines is 4. The molecule has 2 aromatic carbocycles. The summed E-state index contributed by atoms with van der Waals surface area (Å²) in [7, 11) is 1.28. The van der Waals surface area contributed by atoms with Gasteiger partial charge >= 0.3 is 18.6 Å². The molecule has 7 nitrogen and oxygen atoms in total. The molecule has 3 aromatic rings. The Balaban J connectivity index is 1.80. The first-order valence-electron chi connectivity index (χ1n) is 10.2. The zero-order valence-electron chi connectivity index (χ0n) is 19.0. The van der Waals surface area contributed by atoms with Crippen molar-refractivity contribution in [2.75, 3.05) is 22.7 Å². The van der Waals surface area contributed by atoms with E-state index in [1.165, 1.54) is 37.5 Å². The van der Waals surface area contributed by atoms with Gasteiger partial charge in [-0.1, -0.05) is 12.1 Å². The second-order valence-electron chi connectivity index (χ2n) is 7.54. The lowest BCUT2D eigenvalue weighted by Crippen LogP contribution is -2.22. The van der Waals surface area contributed by atoms with Crippen LogP contribution in [0.3, 0.4) is 0 Å². The summed E-state index contributed by atoms with van der Waals surface area (Å²) in [6.45, 7) is 0.687. The number of halogens is 8. The number of benzene rings is 2. The second-order valence-corrected chi connectivity index (χ2v) is 7.54. The average molecular weight is 534 g/mol. The third-order valence-electron chi connectivity index (χ3n) is 4.31. The monoisotopic (exact) mass is 534 g/mol. The standard InChI is InChI=1S/C22H18F8N6O/c1-20(23,24)35-15-5-3-13(4-6-15)12-31-36(2)19-33-17(21(25,26)27)11-18(34-19)32-14-7-9-16(10-8-14)37-22(28,29)30/h3-12,35H,1-2H3,(H,32,33,34)/b31-12+. The fourth-order valence-corrected chi connectivity index (χ4v) is 2.79. The highest BCUT2D eigenvalue weighted by atomic mass is 19.4. The second kappa shape index (κ2) is 10.4. The molecule has 0 spiro atoms. The van der Waals surface area contributed by atoms with Crippen molar-refractivity contribution in [2.24, 2.45) is 5.10 Å². The van der Waals surface area contributed by atoms with E-state index in [0.29, 0.717) is 18.6 Å². The Hall–Kier alpha value is -4.17. The number of aromatic nitrogens is 2. The molecule has 0 amide bonds. The first kappa shape index (κ1) is 27.4. The lowest BCUT2D eigenvalue weighted by Gasteiger charge is -2.16. The highest BCUT2D eigenvalue weighted by molar-refractivity contribution is 5.81. The minimum atomic E-state index is -4.90. The van der Waals surface area contributed by atoms with Crippen LogP contribution in [0.15, 0.2) is 59.7 Å². The van der Waals surface area contributed by atoms with E-state index in [1.54, 1.807) is 0 Å². The number of hydrogen-bond donors (Lipinski definition) is 2. The molecule has 0 bridgehead atoms. The highest BCUT2D eigenvalue weighted by Crippen LogP contribution is 2.31. The van der Waals surface area contributed by atoms with Crippen LogP contribution in [-0.2, 0) is 6.18 Å². The first-order valence-corrected chi connectivity index (χ1v) is 10.2. The molecular formula is C22H18F8N6O. The van der Waals surface area contributed by atoms with Crippen LogP contribution in [0.2, 0.25) is 0 Å². The van der Waals surface area contributed by atoms with Crippen LogP contribution in [0.4, 0.5) is 58.3 Å². The third kappa shape index (κ3) is 8.77. The molecule has 0 aliphatic carbocycles. The molecule has 2 N–H and O–H groups in total. The van der Waals surface area contributed by atoms with E-state index in [9.17, 15) is 35.1 Å². The Labute approximate surface area is 204 Å². The van der Waals surface area contributed by atoms with Gasteiger partial charge in [-0.15, -0.1) is 13.2 Å². The summed E-state index contributed by atoms with van der Waals surface area (Å²) in [5, 5.41) is 9.48. The number of hydrogen-bond acceptors (Lipinski definition) is 7. The number of nitrogens with zero attached hydrogens (tertiary/aromatic N) is 4. The van der Waals surface area contributed by atoms with E-state index >= 15 is 0 Å². The van der Waals surface area contributed by atoms with Gasteiger partial charge in [0.15, 0.2) is 5.69 Å². The van der Waals surface area contributed by atoms with Gasteiger partial charge in [0.05, 0.1) is 6.21 Å². The van der Waals surface area contributed by atoms with E-state index in [2.05, 4.69) is 25.1 Å². The van der Waals surface area contributed by atoms with Crippen molar-refractivity contribution in [3.63, 3.8) is 0 Å². The molecule has 37 heavy (non-hydrogen) atoms. The predicted molar refractivity (Wildman–Crippen MR) is 120 cm³/mol. The fraction of sp³-hybridized carbons (Fsp3) is 0.227.